The summed E-state index contributed by atoms with van der Waals surface area (Å²) >= 11 is 0. The van der Waals surface area contributed by atoms with E-state index in [9.17, 15) is 0 Å². The number of methoxy groups -OCH3 is 2. The zero-order valence-electron chi connectivity index (χ0n) is 19.7. The minimum atomic E-state index is 0.409. The predicted octanol–water partition coefficient (Wildman–Crippen LogP) is 6.80. The second kappa shape index (κ2) is 11.7. The highest BCUT2D eigenvalue weighted by molar-refractivity contribution is 5.82. The Balaban J connectivity index is 2.25. The van der Waals surface area contributed by atoms with Crippen LogP contribution in [0.3, 0.4) is 0 Å². The third-order valence-electron chi connectivity index (χ3n) is 6.03. The van der Waals surface area contributed by atoms with E-state index in [4.69, 9.17) is 18.9 Å². The SMILES string of the molecule is C=CCOc1ccc2cc1-c1cc(c(OCC=C)c(OC)c1OC)CCCCC(C)CC2. The highest BCUT2D eigenvalue weighted by Gasteiger charge is 2.24. The zero-order valence-corrected chi connectivity index (χ0v) is 19.7. The van der Waals surface area contributed by atoms with Gasteiger partial charge in [-0.1, -0.05) is 51.1 Å². The van der Waals surface area contributed by atoms with Gasteiger partial charge in [0.1, 0.15) is 19.0 Å². The van der Waals surface area contributed by atoms with Crippen molar-refractivity contribution in [2.45, 2.75) is 45.4 Å². The summed E-state index contributed by atoms with van der Waals surface area (Å²) in [5.74, 6) is 3.51. The quantitative estimate of drug-likeness (QED) is 0.427. The van der Waals surface area contributed by atoms with E-state index in [2.05, 4.69) is 44.3 Å². The van der Waals surface area contributed by atoms with Gasteiger partial charge in [0.15, 0.2) is 11.5 Å². The van der Waals surface area contributed by atoms with Crippen molar-refractivity contribution < 1.29 is 18.9 Å². The van der Waals surface area contributed by atoms with Crippen LogP contribution in [0, 0.1) is 5.92 Å². The molecule has 0 saturated heterocycles. The Bertz CT molecular complexity index is 932. The summed E-state index contributed by atoms with van der Waals surface area (Å²) < 4.78 is 23.8. The smallest absolute Gasteiger partial charge is 0.204 e. The number of aryl methyl sites for hydroxylation is 2. The van der Waals surface area contributed by atoms with Gasteiger partial charge in [0, 0.05) is 11.1 Å². The van der Waals surface area contributed by atoms with Gasteiger partial charge in [-0.25, -0.2) is 0 Å². The molecule has 0 spiro atoms. The summed E-state index contributed by atoms with van der Waals surface area (Å²) in [4.78, 5) is 0. The molecular weight excluding hydrogens is 400 g/mol. The highest BCUT2D eigenvalue weighted by Crippen LogP contribution is 2.49. The molecular formula is C28H36O4. The molecule has 1 unspecified atom stereocenters. The van der Waals surface area contributed by atoms with E-state index in [1.165, 1.54) is 24.8 Å². The maximum Gasteiger partial charge on any atom is 0.204 e. The molecule has 172 valence electrons. The molecule has 32 heavy (non-hydrogen) atoms. The molecule has 1 aliphatic rings. The van der Waals surface area contributed by atoms with E-state index in [-0.39, 0.29) is 0 Å². The second-order valence-electron chi connectivity index (χ2n) is 8.40. The van der Waals surface area contributed by atoms with Gasteiger partial charge < -0.3 is 18.9 Å². The van der Waals surface area contributed by atoms with Gasteiger partial charge in [0.2, 0.25) is 5.75 Å². The molecule has 0 aliphatic heterocycles. The van der Waals surface area contributed by atoms with E-state index in [1.54, 1.807) is 26.4 Å². The Morgan fingerprint density at radius 3 is 2.31 bits per heavy atom. The van der Waals surface area contributed by atoms with Crippen LogP contribution >= 0.6 is 0 Å². The van der Waals surface area contributed by atoms with Gasteiger partial charge in [-0.15, -0.1) is 0 Å². The van der Waals surface area contributed by atoms with Crippen LogP contribution in [-0.2, 0) is 12.8 Å². The standard InChI is InChI=1S/C28H36O4/c1-6-16-31-25-15-14-21-13-12-20(3)10-8-9-11-22-19-24(23(25)18-21)27(29-4)28(30-5)26(22)32-17-7-2/h6-7,14-15,18-20H,1-2,8-13,16-17H2,3-5H3. The van der Waals surface area contributed by atoms with Crippen LogP contribution in [0.15, 0.2) is 49.6 Å². The summed E-state index contributed by atoms with van der Waals surface area (Å²) in [5.41, 5.74) is 4.37. The summed E-state index contributed by atoms with van der Waals surface area (Å²) in [6.07, 6.45) is 10.2. The first-order valence-electron chi connectivity index (χ1n) is 11.5. The normalized spacial score (nSPS) is 16.0. The average molecular weight is 437 g/mol. The Labute approximate surface area is 192 Å². The maximum atomic E-state index is 6.08. The van der Waals surface area contributed by atoms with E-state index in [0.29, 0.717) is 30.6 Å². The summed E-state index contributed by atoms with van der Waals surface area (Å²) in [7, 11) is 3.33. The van der Waals surface area contributed by atoms with Crippen molar-refractivity contribution in [2.24, 2.45) is 5.92 Å². The molecule has 1 atom stereocenters. The summed E-state index contributed by atoms with van der Waals surface area (Å²) in [5, 5.41) is 0. The largest absolute Gasteiger partial charge is 0.492 e. The van der Waals surface area contributed by atoms with E-state index in [0.717, 1.165) is 47.5 Å². The van der Waals surface area contributed by atoms with Crippen molar-refractivity contribution in [3.63, 3.8) is 0 Å². The van der Waals surface area contributed by atoms with Crippen molar-refractivity contribution in [1.29, 1.82) is 0 Å². The number of hydrogen-bond donors (Lipinski definition) is 0. The summed E-state index contributed by atoms with van der Waals surface area (Å²) in [6, 6.07) is 8.64. The second-order valence-corrected chi connectivity index (χ2v) is 8.40. The molecule has 0 N–H and O–H groups in total. The van der Waals surface area contributed by atoms with Crippen LogP contribution < -0.4 is 18.9 Å². The molecule has 4 nitrogen and oxygen atoms in total. The topological polar surface area (TPSA) is 36.9 Å². The Morgan fingerprint density at radius 1 is 0.844 bits per heavy atom. The molecule has 4 heteroatoms. The molecule has 2 aromatic carbocycles. The van der Waals surface area contributed by atoms with Gasteiger partial charge >= 0.3 is 0 Å². The van der Waals surface area contributed by atoms with E-state index < -0.39 is 0 Å². The fourth-order valence-corrected chi connectivity index (χ4v) is 4.33. The Kier molecular flexibility index (Phi) is 8.66. The lowest BCUT2D eigenvalue weighted by molar-refractivity contribution is 0.305. The van der Waals surface area contributed by atoms with Crippen LogP contribution in [0.1, 0.15) is 43.7 Å². The van der Waals surface area contributed by atoms with Gasteiger partial charge in [-0.05, 0) is 60.9 Å². The lowest BCUT2D eigenvalue weighted by atomic mass is 9.94. The number of rotatable bonds is 8. The summed E-state index contributed by atoms with van der Waals surface area (Å²) in [6.45, 7) is 10.8. The molecule has 0 radical (unpaired) electrons. The lowest BCUT2D eigenvalue weighted by Crippen LogP contribution is -2.05. The average Bonchev–Trinajstić information content (AvgIpc) is 2.82. The maximum absolute atomic E-state index is 6.08. The first-order chi connectivity index (χ1) is 15.6. The van der Waals surface area contributed by atoms with E-state index in [1.807, 2.05) is 0 Å². The number of hydrogen-bond acceptors (Lipinski definition) is 4. The first kappa shape index (κ1) is 23.8. The number of fused-ring (bicyclic) bond motifs is 5. The van der Waals surface area contributed by atoms with Crippen LogP contribution in [0.25, 0.3) is 11.1 Å². The van der Waals surface area contributed by atoms with Crippen LogP contribution in [0.4, 0.5) is 0 Å². The van der Waals surface area contributed by atoms with Crippen molar-refractivity contribution in [1.82, 2.24) is 0 Å². The zero-order chi connectivity index (χ0) is 22.9. The minimum Gasteiger partial charge on any atom is -0.492 e. The third-order valence-corrected chi connectivity index (χ3v) is 6.03. The molecule has 0 amide bonds. The number of benzene rings is 2. The minimum absolute atomic E-state index is 0.409. The first-order valence-corrected chi connectivity index (χ1v) is 11.5. The molecule has 2 aromatic rings. The van der Waals surface area contributed by atoms with Crippen LogP contribution in [0.5, 0.6) is 23.0 Å². The molecule has 0 heterocycles. The van der Waals surface area contributed by atoms with Gasteiger partial charge in [0.25, 0.3) is 0 Å². The van der Waals surface area contributed by atoms with Crippen molar-refractivity contribution in [3.8, 4) is 34.1 Å². The predicted molar refractivity (Wildman–Crippen MR) is 131 cm³/mol. The van der Waals surface area contributed by atoms with Crippen molar-refractivity contribution in [3.05, 3.63) is 60.7 Å². The fraction of sp³-hybridized carbons (Fsp3) is 0.429. The molecule has 0 saturated carbocycles. The van der Waals surface area contributed by atoms with Gasteiger partial charge in [0.05, 0.1) is 14.2 Å². The molecule has 3 rings (SSSR count). The van der Waals surface area contributed by atoms with E-state index >= 15 is 0 Å². The number of ether oxygens (including phenoxy) is 4. The van der Waals surface area contributed by atoms with Crippen LogP contribution in [0.2, 0.25) is 0 Å². The third kappa shape index (κ3) is 5.48. The Hall–Kier alpha value is -2.88. The lowest BCUT2D eigenvalue weighted by Gasteiger charge is -2.22. The van der Waals surface area contributed by atoms with Gasteiger partial charge in [-0.3, -0.25) is 0 Å². The molecule has 1 aliphatic carbocycles. The fourth-order valence-electron chi connectivity index (χ4n) is 4.33. The highest BCUT2D eigenvalue weighted by atomic mass is 16.5. The van der Waals surface area contributed by atoms with Gasteiger partial charge in [-0.2, -0.15) is 0 Å². The molecule has 0 aromatic heterocycles. The molecule has 0 fully saturated rings. The van der Waals surface area contributed by atoms with Crippen molar-refractivity contribution in [2.75, 3.05) is 27.4 Å². The Morgan fingerprint density at radius 2 is 1.59 bits per heavy atom. The monoisotopic (exact) mass is 436 g/mol. The van der Waals surface area contributed by atoms with Crippen molar-refractivity contribution >= 4 is 0 Å². The van der Waals surface area contributed by atoms with Crippen LogP contribution in [-0.4, -0.2) is 27.4 Å². The molecule has 4 bridgehead atoms.